The van der Waals surface area contributed by atoms with Gasteiger partial charge in [-0.1, -0.05) is 30.3 Å². The fraction of sp³-hybridized carbons (Fsp3) is 0.150. The van der Waals surface area contributed by atoms with E-state index in [2.05, 4.69) is 20.2 Å². The predicted molar refractivity (Wildman–Crippen MR) is 105 cm³/mol. The van der Waals surface area contributed by atoms with Crippen LogP contribution in [0.1, 0.15) is 11.3 Å². The van der Waals surface area contributed by atoms with Crippen molar-refractivity contribution in [2.45, 2.75) is 24.0 Å². The molecular weight excluding hydrogens is 356 g/mol. The van der Waals surface area contributed by atoms with Gasteiger partial charge in [0.15, 0.2) is 16.8 Å². The minimum atomic E-state index is 0.666. The second-order valence-electron chi connectivity index (χ2n) is 6.14. The lowest BCUT2D eigenvalue weighted by Gasteiger charge is -2.10. The van der Waals surface area contributed by atoms with Gasteiger partial charge < -0.3 is 4.57 Å². The Kier molecular flexibility index (Phi) is 4.68. The third-order valence-corrected chi connectivity index (χ3v) is 5.45. The summed E-state index contributed by atoms with van der Waals surface area (Å²) >= 11 is 1.50. The number of aromatic nitrogens is 6. The molecule has 0 aliphatic heterocycles. The van der Waals surface area contributed by atoms with Crippen LogP contribution in [0, 0.1) is 13.8 Å². The first kappa shape index (κ1) is 17.4. The number of benzene rings is 1. The first-order valence-electron chi connectivity index (χ1n) is 8.52. The van der Waals surface area contributed by atoms with E-state index in [0.29, 0.717) is 5.82 Å². The van der Waals surface area contributed by atoms with Crippen LogP contribution >= 0.6 is 11.8 Å². The van der Waals surface area contributed by atoms with Gasteiger partial charge in [0.05, 0.1) is 0 Å². The molecule has 0 atom stereocenters. The summed E-state index contributed by atoms with van der Waals surface area (Å²) in [4.78, 5) is 13.5. The van der Waals surface area contributed by atoms with Gasteiger partial charge >= 0.3 is 0 Å². The highest BCUT2D eigenvalue weighted by Crippen LogP contribution is 2.31. The van der Waals surface area contributed by atoms with Gasteiger partial charge in [0.25, 0.3) is 0 Å². The van der Waals surface area contributed by atoms with Crippen molar-refractivity contribution in [3.05, 3.63) is 66.1 Å². The van der Waals surface area contributed by atoms with Crippen LogP contribution in [0.5, 0.6) is 0 Å². The van der Waals surface area contributed by atoms with E-state index in [1.165, 1.54) is 11.8 Å². The van der Waals surface area contributed by atoms with Crippen molar-refractivity contribution in [1.82, 2.24) is 29.7 Å². The summed E-state index contributed by atoms with van der Waals surface area (Å²) in [6.07, 6.45) is 3.51. The topological polar surface area (TPSA) is 69.4 Å². The average molecular weight is 374 g/mol. The average Bonchev–Trinajstić information content (AvgIpc) is 3.07. The molecule has 7 heteroatoms. The summed E-state index contributed by atoms with van der Waals surface area (Å²) in [6.45, 7) is 4.02. The second kappa shape index (κ2) is 7.28. The quantitative estimate of drug-likeness (QED) is 0.501. The standard InChI is InChI=1S/C20H18N6S/c1-13-14(2)22-17(16-10-7-11-21-12-16)23-19(13)27-20-25-24-18(26(20)3)15-8-5-4-6-9-15/h4-12H,1-3H3. The molecule has 0 saturated heterocycles. The first-order valence-corrected chi connectivity index (χ1v) is 9.33. The SMILES string of the molecule is Cc1nc(-c2cccnc2)nc(Sc2nnc(-c3ccccc3)n2C)c1C. The molecule has 3 heterocycles. The van der Waals surface area contributed by atoms with Crippen molar-refractivity contribution in [2.75, 3.05) is 0 Å². The van der Waals surface area contributed by atoms with E-state index in [9.17, 15) is 0 Å². The van der Waals surface area contributed by atoms with Gasteiger partial charge in [0.1, 0.15) is 5.03 Å². The lowest BCUT2D eigenvalue weighted by atomic mass is 10.2. The van der Waals surface area contributed by atoms with E-state index in [1.807, 2.05) is 67.9 Å². The van der Waals surface area contributed by atoms with Gasteiger partial charge in [-0.3, -0.25) is 4.98 Å². The molecule has 6 nitrogen and oxygen atoms in total. The van der Waals surface area contributed by atoms with Crippen LogP contribution in [0.15, 0.2) is 65.0 Å². The van der Waals surface area contributed by atoms with Gasteiger partial charge in [0, 0.05) is 41.8 Å². The zero-order chi connectivity index (χ0) is 18.8. The molecule has 4 aromatic rings. The van der Waals surface area contributed by atoms with Crippen molar-refractivity contribution in [1.29, 1.82) is 0 Å². The Morgan fingerprint density at radius 2 is 1.67 bits per heavy atom. The first-order chi connectivity index (χ1) is 13.1. The molecule has 0 spiro atoms. The van der Waals surface area contributed by atoms with E-state index >= 15 is 0 Å². The summed E-state index contributed by atoms with van der Waals surface area (Å²) < 4.78 is 1.99. The molecule has 0 aliphatic rings. The Morgan fingerprint density at radius 1 is 0.889 bits per heavy atom. The third-order valence-electron chi connectivity index (χ3n) is 4.32. The van der Waals surface area contributed by atoms with Crippen LogP contribution in [0.4, 0.5) is 0 Å². The fourth-order valence-electron chi connectivity index (χ4n) is 2.65. The van der Waals surface area contributed by atoms with Crippen LogP contribution in [0.25, 0.3) is 22.8 Å². The van der Waals surface area contributed by atoms with Crippen molar-refractivity contribution in [3.63, 3.8) is 0 Å². The summed E-state index contributed by atoms with van der Waals surface area (Å²) in [5.41, 5.74) is 3.91. The van der Waals surface area contributed by atoms with E-state index in [0.717, 1.165) is 38.4 Å². The molecule has 0 amide bonds. The van der Waals surface area contributed by atoms with Crippen LogP contribution in [-0.2, 0) is 7.05 Å². The number of pyridine rings is 1. The normalized spacial score (nSPS) is 10.9. The second-order valence-corrected chi connectivity index (χ2v) is 7.09. The van der Waals surface area contributed by atoms with Gasteiger partial charge in [-0.2, -0.15) is 0 Å². The number of hydrogen-bond acceptors (Lipinski definition) is 6. The highest BCUT2D eigenvalue weighted by Gasteiger charge is 2.16. The molecule has 4 rings (SSSR count). The van der Waals surface area contributed by atoms with Gasteiger partial charge in [0.2, 0.25) is 0 Å². The lowest BCUT2D eigenvalue weighted by Crippen LogP contribution is -2.00. The van der Waals surface area contributed by atoms with Gasteiger partial charge in [-0.15, -0.1) is 10.2 Å². The zero-order valence-corrected chi connectivity index (χ0v) is 16.1. The highest BCUT2D eigenvalue weighted by atomic mass is 32.2. The summed E-state index contributed by atoms with van der Waals surface area (Å²) in [6, 6.07) is 13.9. The van der Waals surface area contributed by atoms with Crippen LogP contribution in [-0.4, -0.2) is 29.7 Å². The minimum absolute atomic E-state index is 0.666. The number of rotatable bonds is 4. The van der Waals surface area contributed by atoms with E-state index in [-0.39, 0.29) is 0 Å². The maximum Gasteiger partial charge on any atom is 0.197 e. The Hall–Kier alpha value is -3.06. The van der Waals surface area contributed by atoms with Gasteiger partial charge in [-0.25, -0.2) is 9.97 Å². The Balaban J connectivity index is 1.71. The molecule has 3 aromatic heterocycles. The highest BCUT2D eigenvalue weighted by molar-refractivity contribution is 7.99. The third kappa shape index (κ3) is 3.46. The van der Waals surface area contributed by atoms with E-state index in [4.69, 9.17) is 4.98 Å². The molecule has 0 bridgehead atoms. The molecule has 0 aliphatic carbocycles. The monoisotopic (exact) mass is 374 g/mol. The molecule has 134 valence electrons. The maximum atomic E-state index is 4.75. The summed E-state index contributed by atoms with van der Waals surface area (Å²) in [5, 5.41) is 10.4. The molecule has 0 unspecified atom stereocenters. The number of hydrogen-bond donors (Lipinski definition) is 0. The molecule has 0 fully saturated rings. The molecule has 0 radical (unpaired) electrons. The largest absolute Gasteiger partial charge is 0.305 e. The van der Waals surface area contributed by atoms with Crippen molar-refractivity contribution >= 4 is 11.8 Å². The fourth-order valence-corrected chi connectivity index (χ4v) is 3.57. The number of aryl methyl sites for hydroxylation is 1. The zero-order valence-electron chi connectivity index (χ0n) is 15.3. The van der Waals surface area contributed by atoms with Crippen LogP contribution in [0.3, 0.4) is 0 Å². The Bertz CT molecular complexity index is 1080. The molecule has 27 heavy (non-hydrogen) atoms. The number of nitrogens with zero attached hydrogens (tertiary/aromatic N) is 6. The smallest absolute Gasteiger partial charge is 0.197 e. The minimum Gasteiger partial charge on any atom is -0.305 e. The Morgan fingerprint density at radius 3 is 2.41 bits per heavy atom. The van der Waals surface area contributed by atoms with Crippen LogP contribution in [0.2, 0.25) is 0 Å². The molecular formula is C20H18N6S. The summed E-state index contributed by atoms with van der Waals surface area (Å²) in [5.74, 6) is 1.49. The van der Waals surface area contributed by atoms with Crippen molar-refractivity contribution in [3.8, 4) is 22.8 Å². The molecule has 1 aromatic carbocycles. The van der Waals surface area contributed by atoms with Gasteiger partial charge in [-0.05, 0) is 37.7 Å². The molecule has 0 N–H and O–H groups in total. The van der Waals surface area contributed by atoms with E-state index < -0.39 is 0 Å². The maximum absolute atomic E-state index is 4.75. The molecule has 0 saturated carbocycles. The van der Waals surface area contributed by atoms with E-state index in [1.54, 1.807) is 12.4 Å². The van der Waals surface area contributed by atoms with Crippen molar-refractivity contribution in [2.24, 2.45) is 7.05 Å². The lowest BCUT2D eigenvalue weighted by molar-refractivity contribution is 0.791. The predicted octanol–water partition coefficient (Wildman–Crippen LogP) is 4.10. The van der Waals surface area contributed by atoms with Crippen molar-refractivity contribution < 1.29 is 0 Å². The van der Waals surface area contributed by atoms with Crippen LogP contribution < -0.4 is 0 Å². The summed E-state index contributed by atoms with van der Waals surface area (Å²) in [7, 11) is 1.97. The Labute approximate surface area is 161 Å².